The second-order valence-corrected chi connectivity index (χ2v) is 10.1. The van der Waals surface area contributed by atoms with Gasteiger partial charge < -0.3 is 35.4 Å². The Morgan fingerprint density at radius 2 is 2.20 bits per heavy atom. The van der Waals surface area contributed by atoms with E-state index >= 15 is 0 Å². The zero-order valence-electron chi connectivity index (χ0n) is 20.5. The highest BCUT2D eigenvalue weighted by atomic mass is 35.5. The molecule has 4 atom stereocenters. The molecule has 2 saturated heterocycles. The van der Waals surface area contributed by atoms with Crippen molar-refractivity contribution < 1.29 is 24.2 Å². The molecule has 196 valence electrons. The third-order valence-electron chi connectivity index (χ3n) is 6.81. The first-order valence-electron chi connectivity index (χ1n) is 12.5. The molecule has 0 spiro atoms. The molecule has 1 unspecified atom stereocenters. The topological polar surface area (TPSA) is 117 Å². The monoisotopic (exact) mass is 510 g/mol. The van der Waals surface area contributed by atoms with Crippen molar-refractivity contribution in [3.8, 4) is 0 Å². The second kappa shape index (κ2) is 13.9. The summed E-state index contributed by atoms with van der Waals surface area (Å²) in [5, 5.41) is 12.7. The van der Waals surface area contributed by atoms with Crippen molar-refractivity contribution in [3.63, 3.8) is 0 Å². The van der Waals surface area contributed by atoms with E-state index in [1.54, 1.807) is 0 Å². The molecule has 1 aromatic carbocycles. The zero-order valence-corrected chi connectivity index (χ0v) is 21.3. The maximum absolute atomic E-state index is 12.9. The van der Waals surface area contributed by atoms with E-state index in [0.29, 0.717) is 30.6 Å². The Labute approximate surface area is 212 Å². The van der Waals surface area contributed by atoms with Gasteiger partial charge in [0, 0.05) is 63.4 Å². The normalized spacial score (nSPS) is 22.3. The van der Waals surface area contributed by atoms with Crippen molar-refractivity contribution in [2.75, 3.05) is 53.0 Å². The minimum atomic E-state index is -0.998. The standard InChI is InChI=1S/C25H39ClN4O5/c1-29(25(32)33)10-12-35-23(19-6-2-8-21(26)14-19)20-7-3-9-30(16-20)24(31)28-15-22(27)13-18-5-4-11-34-17-18/h2,6,8,14,18,20,22-23H,3-5,7,9-13,15-17,27H2,1H3,(H,28,31)(H,32,33)/t18-,20-,22-,23?/m1/s1. The van der Waals surface area contributed by atoms with Crippen LogP contribution in [-0.2, 0) is 9.47 Å². The predicted molar refractivity (Wildman–Crippen MR) is 135 cm³/mol. The second-order valence-electron chi connectivity index (χ2n) is 9.66. The van der Waals surface area contributed by atoms with Gasteiger partial charge in [0.05, 0.1) is 12.7 Å². The molecule has 0 radical (unpaired) electrons. The number of carboxylic acid groups (broad SMARTS) is 1. The number of amides is 3. The number of carbonyl (C=O) groups is 2. The first-order chi connectivity index (χ1) is 16.8. The summed E-state index contributed by atoms with van der Waals surface area (Å²) in [5.74, 6) is 0.530. The van der Waals surface area contributed by atoms with Gasteiger partial charge in [-0.1, -0.05) is 23.7 Å². The van der Waals surface area contributed by atoms with Gasteiger partial charge in [0.2, 0.25) is 0 Å². The van der Waals surface area contributed by atoms with Gasteiger partial charge in [-0.2, -0.15) is 0 Å². The van der Waals surface area contributed by atoms with Crippen molar-refractivity contribution in [3.05, 3.63) is 34.9 Å². The number of likely N-dealkylation sites (N-methyl/N-ethyl adjacent to an activating group) is 1. The molecule has 2 aliphatic heterocycles. The summed E-state index contributed by atoms with van der Waals surface area (Å²) in [5.41, 5.74) is 7.21. The van der Waals surface area contributed by atoms with Crippen LogP contribution in [0.3, 0.4) is 0 Å². The lowest BCUT2D eigenvalue weighted by Crippen LogP contribution is -2.49. The molecule has 0 aliphatic carbocycles. The van der Waals surface area contributed by atoms with E-state index in [-0.39, 0.29) is 37.2 Å². The molecule has 0 aromatic heterocycles. The summed E-state index contributed by atoms with van der Waals surface area (Å²) in [7, 11) is 1.51. The first-order valence-corrected chi connectivity index (χ1v) is 12.9. The van der Waals surface area contributed by atoms with Crippen LogP contribution in [-0.4, -0.2) is 86.1 Å². The third-order valence-corrected chi connectivity index (χ3v) is 7.04. The van der Waals surface area contributed by atoms with Gasteiger partial charge in [-0.3, -0.25) is 0 Å². The van der Waals surface area contributed by atoms with E-state index < -0.39 is 6.09 Å². The number of benzene rings is 1. The average molecular weight is 511 g/mol. The van der Waals surface area contributed by atoms with Crippen molar-refractivity contribution >= 4 is 23.7 Å². The number of ether oxygens (including phenoxy) is 2. The molecule has 3 rings (SSSR count). The molecule has 1 aromatic rings. The van der Waals surface area contributed by atoms with E-state index in [1.165, 1.54) is 11.9 Å². The molecule has 4 N–H and O–H groups in total. The number of hydrogen-bond donors (Lipinski definition) is 3. The lowest BCUT2D eigenvalue weighted by atomic mass is 9.88. The molecule has 3 amide bonds. The lowest BCUT2D eigenvalue weighted by Gasteiger charge is -2.37. The van der Waals surface area contributed by atoms with Crippen LogP contribution in [0, 0.1) is 11.8 Å². The van der Waals surface area contributed by atoms with Crippen LogP contribution in [0.1, 0.15) is 43.8 Å². The summed E-state index contributed by atoms with van der Waals surface area (Å²) in [6, 6.07) is 7.32. The highest BCUT2D eigenvalue weighted by Crippen LogP contribution is 2.34. The van der Waals surface area contributed by atoms with E-state index in [0.717, 1.165) is 50.9 Å². The van der Waals surface area contributed by atoms with Crippen molar-refractivity contribution in [1.82, 2.24) is 15.1 Å². The Bertz CT molecular complexity index is 823. The fourth-order valence-electron chi connectivity index (χ4n) is 4.88. The predicted octanol–water partition coefficient (Wildman–Crippen LogP) is 3.57. The van der Waals surface area contributed by atoms with Gasteiger partial charge in [-0.15, -0.1) is 0 Å². The number of piperidine rings is 1. The quantitative estimate of drug-likeness (QED) is 0.443. The van der Waals surface area contributed by atoms with Crippen LogP contribution in [0.25, 0.3) is 0 Å². The third kappa shape index (κ3) is 8.83. The van der Waals surface area contributed by atoms with Gasteiger partial charge in [0.15, 0.2) is 0 Å². The molecule has 10 heteroatoms. The largest absolute Gasteiger partial charge is 0.465 e. The smallest absolute Gasteiger partial charge is 0.407 e. The lowest BCUT2D eigenvalue weighted by molar-refractivity contribution is -0.0154. The number of hydrogen-bond acceptors (Lipinski definition) is 5. The number of halogens is 1. The SMILES string of the molecule is CN(CCOC(c1cccc(Cl)c1)[C@@H]1CCCN(C(=O)NC[C@H](N)C[C@H]2CCCOC2)C1)C(=O)O. The highest BCUT2D eigenvalue weighted by molar-refractivity contribution is 6.30. The van der Waals surface area contributed by atoms with Crippen LogP contribution >= 0.6 is 11.6 Å². The number of nitrogens with two attached hydrogens (primary N) is 1. The van der Waals surface area contributed by atoms with Crippen molar-refractivity contribution in [2.24, 2.45) is 17.6 Å². The number of likely N-dealkylation sites (tertiary alicyclic amines) is 1. The minimum Gasteiger partial charge on any atom is -0.465 e. The molecule has 2 aliphatic rings. The molecular formula is C25H39ClN4O5. The molecule has 0 bridgehead atoms. The van der Waals surface area contributed by atoms with Crippen molar-refractivity contribution in [1.29, 1.82) is 0 Å². The average Bonchev–Trinajstić information content (AvgIpc) is 2.85. The molecule has 2 heterocycles. The Hall–Kier alpha value is -2.07. The summed E-state index contributed by atoms with van der Waals surface area (Å²) in [6.07, 6.45) is 3.51. The summed E-state index contributed by atoms with van der Waals surface area (Å²) in [4.78, 5) is 27.1. The van der Waals surface area contributed by atoms with Gasteiger partial charge in [-0.05, 0) is 55.7 Å². The molecule has 2 fully saturated rings. The Morgan fingerprint density at radius 1 is 1.37 bits per heavy atom. The van der Waals surface area contributed by atoms with Crippen LogP contribution in [0.2, 0.25) is 5.02 Å². The van der Waals surface area contributed by atoms with E-state index in [9.17, 15) is 9.59 Å². The van der Waals surface area contributed by atoms with Gasteiger partial charge in [-0.25, -0.2) is 9.59 Å². The maximum Gasteiger partial charge on any atom is 0.407 e. The van der Waals surface area contributed by atoms with E-state index in [4.69, 9.17) is 31.9 Å². The van der Waals surface area contributed by atoms with Crippen LogP contribution in [0.4, 0.5) is 9.59 Å². The zero-order chi connectivity index (χ0) is 25.2. The number of carbonyl (C=O) groups excluding carboxylic acids is 1. The number of nitrogens with one attached hydrogen (secondary N) is 1. The number of urea groups is 1. The number of nitrogens with zero attached hydrogens (tertiary/aromatic N) is 2. The van der Waals surface area contributed by atoms with E-state index in [2.05, 4.69) is 5.32 Å². The fraction of sp³-hybridized carbons (Fsp3) is 0.680. The Balaban J connectivity index is 1.56. The van der Waals surface area contributed by atoms with Gasteiger partial charge in [0.25, 0.3) is 0 Å². The maximum atomic E-state index is 12.9. The Morgan fingerprint density at radius 3 is 2.91 bits per heavy atom. The summed E-state index contributed by atoms with van der Waals surface area (Å²) >= 11 is 6.24. The molecule has 9 nitrogen and oxygen atoms in total. The highest BCUT2D eigenvalue weighted by Gasteiger charge is 2.31. The fourth-order valence-corrected chi connectivity index (χ4v) is 5.08. The van der Waals surface area contributed by atoms with Crippen molar-refractivity contribution in [2.45, 2.75) is 44.2 Å². The summed E-state index contributed by atoms with van der Waals surface area (Å²) < 4.78 is 11.7. The Kier molecular flexibility index (Phi) is 10.9. The van der Waals surface area contributed by atoms with Gasteiger partial charge >= 0.3 is 12.1 Å². The van der Waals surface area contributed by atoms with Crippen LogP contribution in [0.5, 0.6) is 0 Å². The van der Waals surface area contributed by atoms with Crippen LogP contribution < -0.4 is 11.1 Å². The summed E-state index contributed by atoms with van der Waals surface area (Å²) in [6.45, 7) is 3.75. The van der Waals surface area contributed by atoms with Crippen LogP contribution in [0.15, 0.2) is 24.3 Å². The minimum absolute atomic E-state index is 0.0659. The first kappa shape index (κ1) is 27.5. The molecule has 0 saturated carbocycles. The number of rotatable bonds is 10. The van der Waals surface area contributed by atoms with Gasteiger partial charge in [0.1, 0.15) is 0 Å². The van der Waals surface area contributed by atoms with E-state index in [1.807, 2.05) is 29.2 Å². The molecule has 35 heavy (non-hydrogen) atoms. The molecular weight excluding hydrogens is 472 g/mol.